The van der Waals surface area contributed by atoms with Gasteiger partial charge < -0.3 is 10.7 Å². The molecule has 0 aliphatic rings. The van der Waals surface area contributed by atoms with E-state index >= 15 is 0 Å². The standard InChI is InChI=1S/C12H9N3O3/c13-11(17)10-9(7-4-2-1-3-5-7)12(18)15-8(6-16)14-10/h1-6H,(H2,13,17)(H,14,15,18). The van der Waals surface area contributed by atoms with Gasteiger partial charge in [-0.2, -0.15) is 0 Å². The molecule has 0 saturated carbocycles. The largest absolute Gasteiger partial charge is 0.364 e. The third kappa shape index (κ3) is 2.03. The van der Waals surface area contributed by atoms with Crippen molar-refractivity contribution in [3.8, 4) is 11.1 Å². The van der Waals surface area contributed by atoms with Crippen LogP contribution in [0.5, 0.6) is 0 Å². The van der Waals surface area contributed by atoms with E-state index in [1.807, 2.05) is 0 Å². The van der Waals surface area contributed by atoms with Crippen molar-refractivity contribution in [3.05, 3.63) is 52.2 Å². The lowest BCUT2D eigenvalue weighted by molar-refractivity contribution is 0.0996. The summed E-state index contributed by atoms with van der Waals surface area (Å²) in [6.07, 6.45) is 0.350. The molecule has 0 radical (unpaired) electrons. The first-order valence-electron chi connectivity index (χ1n) is 5.08. The monoisotopic (exact) mass is 243 g/mol. The zero-order valence-electron chi connectivity index (χ0n) is 9.21. The van der Waals surface area contributed by atoms with E-state index in [1.165, 1.54) is 0 Å². The number of aromatic nitrogens is 2. The van der Waals surface area contributed by atoms with Crippen molar-refractivity contribution in [1.82, 2.24) is 9.97 Å². The van der Waals surface area contributed by atoms with Gasteiger partial charge in [-0.1, -0.05) is 30.3 Å². The van der Waals surface area contributed by atoms with Crippen molar-refractivity contribution in [2.24, 2.45) is 5.73 Å². The van der Waals surface area contributed by atoms with Gasteiger partial charge in [0, 0.05) is 0 Å². The molecule has 1 aromatic carbocycles. The third-order valence-corrected chi connectivity index (χ3v) is 2.35. The van der Waals surface area contributed by atoms with Crippen molar-refractivity contribution in [1.29, 1.82) is 0 Å². The van der Waals surface area contributed by atoms with Gasteiger partial charge >= 0.3 is 0 Å². The summed E-state index contributed by atoms with van der Waals surface area (Å²) in [7, 11) is 0. The first kappa shape index (κ1) is 11.7. The molecule has 6 heteroatoms. The minimum absolute atomic E-state index is 0.0636. The van der Waals surface area contributed by atoms with Crippen LogP contribution < -0.4 is 11.3 Å². The normalized spacial score (nSPS) is 10.0. The van der Waals surface area contributed by atoms with Crippen LogP contribution in [0.1, 0.15) is 21.1 Å². The van der Waals surface area contributed by atoms with Crippen molar-refractivity contribution in [2.75, 3.05) is 0 Å². The van der Waals surface area contributed by atoms with E-state index in [9.17, 15) is 14.4 Å². The van der Waals surface area contributed by atoms with Crippen LogP contribution in [0.15, 0.2) is 35.1 Å². The third-order valence-electron chi connectivity index (χ3n) is 2.35. The minimum Gasteiger partial charge on any atom is -0.364 e. The Hall–Kier alpha value is -2.76. The molecule has 0 saturated heterocycles. The van der Waals surface area contributed by atoms with E-state index < -0.39 is 11.5 Å². The molecule has 2 aromatic rings. The van der Waals surface area contributed by atoms with Gasteiger partial charge in [-0.25, -0.2) is 4.98 Å². The Kier molecular flexibility index (Phi) is 3.01. The first-order chi connectivity index (χ1) is 8.63. The molecule has 3 N–H and O–H groups in total. The maximum Gasteiger partial charge on any atom is 0.268 e. The number of H-pyrrole nitrogens is 1. The summed E-state index contributed by atoms with van der Waals surface area (Å²) < 4.78 is 0. The number of aromatic amines is 1. The molecule has 0 fully saturated rings. The fourth-order valence-corrected chi connectivity index (χ4v) is 1.60. The number of nitrogens with zero attached hydrogens (tertiary/aromatic N) is 1. The number of nitrogens with one attached hydrogen (secondary N) is 1. The maximum atomic E-state index is 11.9. The van der Waals surface area contributed by atoms with Crippen LogP contribution in [0.4, 0.5) is 0 Å². The number of hydrogen-bond acceptors (Lipinski definition) is 4. The van der Waals surface area contributed by atoms with E-state index in [0.717, 1.165) is 0 Å². The number of rotatable bonds is 3. The molecular weight excluding hydrogens is 234 g/mol. The summed E-state index contributed by atoms with van der Waals surface area (Å²) in [6.45, 7) is 0. The Morgan fingerprint density at radius 3 is 2.50 bits per heavy atom. The molecule has 18 heavy (non-hydrogen) atoms. The maximum absolute atomic E-state index is 11.9. The fraction of sp³-hybridized carbons (Fsp3) is 0. The molecule has 0 aliphatic carbocycles. The highest BCUT2D eigenvalue weighted by molar-refractivity contribution is 5.98. The number of carbonyl (C=O) groups is 2. The SMILES string of the molecule is NC(=O)c1nc(C=O)[nH]c(=O)c1-c1ccccc1. The molecule has 1 aromatic heterocycles. The Bertz CT molecular complexity index is 662. The van der Waals surface area contributed by atoms with Gasteiger partial charge in [-0.05, 0) is 5.56 Å². The van der Waals surface area contributed by atoms with Gasteiger partial charge in [-0.15, -0.1) is 0 Å². The predicted molar refractivity (Wildman–Crippen MR) is 64.2 cm³/mol. The first-order valence-corrected chi connectivity index (χ1v) is 5.08. The summed E-state index contributed by atoms with van der Waals surface area (Å²) >= 11 is 0. The molecule has 0 unspecified atom stereocenters. The zero-order valence-corrected chi connectivity index (χ0v) is 9.21. The lowest BCUT2D eigenvalue weighted by atomic mass is 10.1. The van der Waals surface area contributed by atoms with Crippen LogP contribution in [-0.2, 0) is 0 Å². The van der Waals surface area contributed by atoms with Gasteiger partial charge in [0.15, 0.2) is 12.1 Å². The van der Waals surface area contributed by atoms with Crippen molar-refractivity contribution in [2.45, 2.75) is 0 Å². The summed E-state index contributed by atoms with van der Waals surface area (Å²) in [6, 6.07) is 8.51. The molecule has 90 valence electrons. The van der Waals surface area contributed by atoms with Gasteiger partial charge in [0.05, 0.1) is 5.56 Å². The molecule has 1 amide bonds. The molecule has 0 aliphatic heterocycles. The van der Waals surface area contributed by atoms with Crippen LogP contribution in [0.3, 0.4) is 0 Å². The van der Waals surface area contributed by atoms with E-state index in [1.54, 1.807) is 30.3 Å². The second kappa shape index (κ2) is 4.62. The van der Waals surface area contributed by atoms with E-state index in [2.05, 4.69) is 9.97 Å². The molecule has 6 nitrogen and oxygen atoms in total. The highest BCUT2D eigenvalue weighted by atomic mass is 16.1. The van der Waals surface area contributed by atoms with Gasteiger partial charge in [0.1, 0.15) is 5.69 Å². The molecule has 2 rings (SSSR count). The van der Waals surface area contributed by atoms with Gasteiger partial charge in [0.2, 0.25) is 0 Å². The minimum atomic E-state index is -0.858. The number of hydrogen-bond donors (Lipinski definition) is 2. The molecule has 0 spiro atoms. The van der Waals surface area contributed by atoms with Crippen LogP contribution in [-0.4, -0.2) is 22.2 Å². The Morgan fingerprint density at radius 2 is 1.94 bits per heavy atom. The Balaban J connectivity index is 2.78. The van der Waals surface area contributed by atoms with Crippen molar-refractivity contribution < 1.29 is 9.59 Å². The zero-order chi connectivity index (χ0) is 13.1. The molecule has 0 bridgehead atoms. The van der Waals surface area contributed by atoms with E-state index in [0.29, 0.717) is 11.8 Å². The van der Waals surface area contributed by atoms with Gasteiger partial charge in [0.25, 0.3) is 11.5 Å². The van der Waals surface area contributed by atoms with Crippen molar-refractivity contribution >= 4 is 12.2 Å². The van der Waals surface area contributed by atoms with Crippen LogP contribution in [0.2, 0.25) is 0 Å². The number of amides is 1. The molecule has 0 atom stereocenters. The average Bonchev–Trinajstić information content (AvgIpc) is 2.38. The van der Waals surface area contributed by atoms with Crippen LogP contribution in [0, 0.1) is 0 Å². The average molecular weight is 243 g/mol. The highest BCUT2D eigenvalue weighted by Gasteiger charge is 2.17. The van der Waals surface area contributed by atoms with Crippen molar-refractivity contribution in [3.63, 3.8) is 0 Å². The molecule has 1 heterocycles. The quantitative estimate of drug-likeness (QED) is 0.758. The second-order valence-electron chi connectivity index (χ2n) is 3.52. The summed E-state index contributed by atoms with van der Waals surface area (Å²) in [5.41, 5.74) is 4.96. The van der Waals surface area contributed by atoms with E-state index in [-0.39, 0.29) is 17.1 Å². The van der Waals surface area contributed by atoms with Gasteiger partial charge in [-0.3, -0.25) is 14.4 Å². The number of nitrogens with two attached hydrogens (primary N) is 1. The number of carbonyl (C=O) groups excluding carboxylic acids is 2. The summed E-state index contributed by atoms with van der Waals surface area (Å²) in [5.74, 6) is -1.09. The number of aldehydes is 1. The number of benzene rings is 1. The van der Waals surface area contributed by atoms with E-state index in [4.69, 9.17) is 5.73 Å². The second-order valence-corrected chi connectivity index (χ2v) is 3.52. The molecular formula is C12H9N3O3. The smallest absolute Gasteiger partial charge is 0.268 e. The lowest BCUT2D eigenvalue weighted by Gasteiger charge is -2.05. The number of primary amides is 1. The Labute approximate surface area is 101 Å². The summed E-state index contributed by atoms with van der Waals surface area (Å²) in [4.78, 5) is 39.8. The topological polar surface area (TPSA) is 106 Å². The van der Waals surface area contributed by atoms with Crippen LogP contribution >= 0.6 is 0 Å². The predicted octanol–water partition coefficient (Wildman–Crippen LogP) is 0.348. The Morgan fingerprint density at radius 1 is 1.28 bits per heavy atom. The lowest BCUT2D eigenvalue weighted by Crippen LogP contribution is -2.23. The fourth-order valence-electron chi connectivity index (χ4n) is 1.60. The van der Waals surface area contributed by atoms with Crippen LogP contribution in [0.25, 0.3) is 11.1 Å². The summed E-state index contributed by atoms with van der Waals surface area (Å²) in [5, 5.41) is 0. The highest BCUT2D eigenvalue weighted by Crippen LogP contribution is 2.17.